The summed E-state index contributed by atoms with van der Waals surface area (Å²) in [5.41, 5.74) is 12.5. The van der Waals surface area contributed by atoms with Crippen LogP contribution < -0.4 is 27.4 Å². The van der Waals surface area contributed by atoms with Crippen molar-refractivity contribution in [2.45, 2.75) is 62.9 Å². The summed E-state index contributed by atoms with van der Waals surface area (Å²) in [6, 6.07) is 2.09. The first-order chi connectivity index (χ1) is 17.6. The minimum absolute atomic E-state index is 0.00396. The van der Waals surface area contributed by atoms with Crippen LogP contribution in [-0.4, -0.2) is 87.4 Å². The third-order valence-electron chi connectivity index (χ3n) is 5.93. The van der Waals surface area contributed by atoms with Crippen molar-refractivity contribution < 1.29 is 34.5 Å². The fourth-order valence-electron chi connectivity index (χ4n) is 3.71. The molecule has 1 aromatic carbocycles. The Bertz CT molecular complexity index is 1070. The molecule has 0 spiro atoms. The molecule has 0 aliphatic carbocycles. The van der Waals surface area contributed by atoms with Gasteiger partial charge < -0.3 is 47.7 Å². The lowest BCUT2D eigenvalue weighted by molar-refractivity contribution is -0.142. The number of carbonyl (C=O) groups is 4. The van der Waals surface area contributed by atoms with Crippen LogP contribution in [0.4, 0.5) is 0 Å². The van der Waals surface area contributed by atoms with E-state index in [1.54, 1.807) is 6.20 Å². The van der Waals surface area contributed by atoms with E-state index in [0.717, 1.165) is 10.9 Å². The standard InChI is InChI=1S/C24H36N6O7/c1-13(32)20(26)23(35)30-19(12-31)22(34)29-18(10-14-11-27-16-7-3-2-6-15(14)16)21(33)28-17(24(36)37)8-4-5-9-25/h2-3,6-7,11,13,17-20,27,31-32H,4-5,8-10,12,25-26H2,1H3,(H,28,33)(H,29,34)(H,30,35)(H,36,37). The largest absolute Gasteiger partial charge is 0.480 e. The number of aromatic nitrogens is 1. The molecule has 0 radical (unpaired) electrons. The summed E-state index contributed by atoms with van der Waals surface area (Å²) < 4.78 is 0. The van der Waals surface area contributed by atoms with Crippen molar-refractivity contribution in [3.63, 3.8) is 0 Å². The monoisotopic (exact) mass is 520 g/mol. The van der Waals surface area contributed by atoms with Gasteiger partial charge in [-0.05, 0) is 44.4 Å². The van der Waals surface area contributed by atoms with E-state index in [2.05, 4.69) is 20.9 Å². The summed E-state index contributed by atoms with van der Waals surface area (Å²) in [7, 11) is 0. The van der Waals surface area contributed by atoms with Gasteiger partial charge in [-0.25, -0.2) is 4.79 Å². The Hall–Kier alpha value is -3.52. The molecule has 0 aliphatic heterocycles. The third-order valence-corrected chi connectivity index (χ3v) is 5.93. The molecule has 37 heavy (non-hydrogen) atoms. The lowest BCUT2D eigenvalue weighted by Crippen LogP contribution is -2.59. The minimum atomic E-state index is -1.46. The van der Waals surface area contributed by atoms with Crippen LogP contribution in [0, 0.1) is 0 Å². The lowest BCUT2D eigenvalue weighted by Gasteiger charge is -2.25. The number of aromatic amines is 1. The highest BCUT2D eigenvalue weighted by atomic mass is 16.4. The molecule has 13 nitrogen and oxygen atoms in total. The molecule has 5 atom stereocenters. The summed E-state index contributed by atoms with van der Waals surface area (Å²) >= 11 is 0. The number of rotatable bonds is 15. The van der Waals surface area contributed by atoms with E-state index >= 15 is 0 Å². The molecule has 0 saturated heterocycles. The van der Waals surface area contributed by atoms with Crippen molar-refractivity contribution in [1.29, 1.82) is 0 Å². The number of nitrogens with one attached hydrogen (secondary N) is 4. The highest BCUT2D eigenvalue weighted by Gasteiger charge is 2.31. The van der Waals surface area contributed by atoms with Crippen molar-refractivity contribution in [3.05, 3.63) is 36.0 Å². The SMILES string of the molecule is CC(O)C(N)C(=O)NC(CO)C(=O)NC(Cc1c[nH]c2ccccc12)C(=O)NC(CCCCN)C(=O)O. The van der Waals surface area contributed by atoms with E-state index in [1.165, 1.54) is 6.92 Å². The van der Waals surface area contributed by atoms with Crippen molar-refractivity contribution >= 4 is 34.6 Å². The number of carbonyl (C=O) groups excluding carboxylic acids is 3. The maximum Gasteiger partial charge on any atom is 0.326 e. The maximum atomic E-state index is 13.2. The van der Waals surface area contributed by atoms with Gasteiger partial charge in [0.25, 0.3) is 0 Å². The number of nitrogens with two attached hydrogens (primary N) is 2. The van der Waals surface area contributed by atoms with Gasteiger partial charge in [0.15, 0.2) is 0 Å². The molecule has 13 heteroatoms. The molecule has 204 valence electrons. The number of hydrogen-bond donors (Lipinski definition) is 9. The van der Waals surface area contributed by atoms with Crippen LogP contribution in [0.5, 0.6) is 0 Å². The lowest BCUT2D eigenvalue weighted by atomic mass is 10.0. The number of para-hydroxylation sites is 1. The fraction of sp³-hybridized carbons (Fsp3) is 0.500. The van der Waals surface area contributed by atoms with Crippen LogP contribution in [0.15, 0.2) is 30.5 Å². The summed E-state index contributed by atoms with van der Waals surface area (Å²) in [6.07, 6.45) is 1.70. The van der Waals surface area contributed by atoms with E-state index in [4.69, 9.17) is 11.5 Å². The number of unbranched alkanes of at least 4 members (excludes halogenated alkanes) is 1. The van der Waals surface area contributed by atoms with Crippen LogP contribution in [0.2, 0.25) is 0 Å². The molecule has 0 saturated carbocycles. The number of amides is 3. The molecular formula is C24H36N6O7. The maximum absolute atomic E-state index is 13.2. The normalized spacial score (nSPS) is 15.3. The van der Waals surface area contributed by atoms with Gasteiger partial charge in [-0.15, -0.1) is 0 Å². The number of benzene rings is 1. The van der Waals surface area contributed by atoms with Crippen LogP contribution in [-0.2, 0) is 25.6 Å². The molecule has 0 aliphatic rings. The molecule has 1 heterocycles. The van der Waals surface area contributed by atoms with E-state index in [1.807, 2.05) is 24.3 Å². The molecule has 2 aromatic rings. The molecule has 2 rings (SSSR count). The Morgan fingerprint density at radius 2 is 1.59 bits per heavy atom. The van der Waals surface area contributed by atoms with E-state index in [0.29, 0.717) is 24.9 Å². The molecule has 11 N–H and O–H groups in total. The zero-order chi connectivity index (χ0) is 27.5. The van der Waals surface area contributed by atoms with Gasteiger partial charge in [0, 0.05) is 23.5 Å². The Morgan fingerprint density at radius 1 is 0.973 bits per heavy atom. The van der Waals surface area contributed by atoms with Gasteiger partial charge in [-0.2, -0.15) is 0 Å². The second kappa shape index (κ2) is 14.3. The number of hydrogen-bond acceptors (Lipinski definition) is 8. The Morgan fingerprint density at radius 3 is 2.22 bits per heavy atom. The van der Waals surface area contributed by atoms with Gasteiger partial charge in [0.1, 0.15) is 24.2 Å². The highest BCUT2D eigenvalue weighted by molar-refractivity contribution is 5.95. The molecule has 0 bridgehead atoms. The molecule has 3 amide bonds. The quantitative estimate of drug-likeness (QED) is 0.119. The average Bonchev–Trinajstić information content (AvgIpc) is 3.28. The van der Waals surface area contributed by atoms with Crippen molar-refractivity contribution in [3.8, 4) is 0 Å². The van der Waals surface area contributed by atoms with Crippen LogP contribution in [0.1, 0.15) is 31.7 Å². The molecule has 0 fully saturated rings. The number of aliphatic hydroxyl groups is 2. The van der Waals surface area contributed by atoms with E-state index in [9.17, 15) is 34.5 Å². The summed E-state index contributed by atoms with van der Waals surface area (Å²) in [5.74, 6) is -3.73. The highest BCUT2D eigenvalue weighted by Crippen LogP contribution is 2.19. The van der Waals surface area contributed by atoms with E-state index < -0.39 is 60.6 Å². The Balaban J connectivity index is 2.25. The number of fused-ring (bicyclic) bond motifs is 1. The first-order valence-corrected chi connectivity index (χ1v) is 12.0. The second-order valence-electron chi connectivity index (χ2n) is 8.82. The van der Waals surface area contributed by atoms with Crippen molar-refractivity contribution in [1.82, 2.24) is 20.9 Å². The summed E-state index contributed by atoms with van der Waals surface area (Å²) in [6.45, 7) is 0.876. The van der Waals surface area contributed by atoms with Crippen molar-refractivity contribution in [2.75, 3.05) is 13.2 Å². The van der Waals surface area contributed by atoms with Crippen LogP contribution in [0.25, 0.3) is 10.9 Å². The molecular weight excluding hydrogens is 484 g/mol. The molecule has 5 unspecified atom stereocenters. The van der Waals surface area contributed by atoms with Crippen LogP contribution >= 0.6 is 0 Å². The van der Waals surface area contributed by atoms with Gasteiger partial charge in [0.05, 0.1) is 12.7 Å². The number of carboxylic acid groups (broad SMARTS) is 1. The van der Waals surface area contributed by atoms with Gasteiger partial charge >= 0.3 is 5.97 Å². The predicted molar refractivity (Wildman–Crippen MR) is 135 cm³/mol. The van der Waals surface area contributed by atoms with E-state index in [-0.39, 0.29) is 12.8 Å². The first-order valence-electron chi connectivity index (χ1n) is 12.0. The number of aliphatic hydroxyl groups excluding tert-OH is 2. The topological polar surface area (TPSA) is 233 Å². The summed E-state index contributed by atoms with van der Waals surface area (Å²) in [4.78, 5) is 53.1. The second-order valence-corrected chi connectivity index (χ2v) is 8.82. The smallest absolute Gasteiger partial charge is 0.326 e. The molecule has 1 aromatic heterocycles. The van der Waals surface area contributed by atoms with Gasteiger partial charge in [-0.1, -0.05) is 18.2 Å². The number of carboxylic acids is 1. The third kappa shape index (κ3) is 8.53. The van der Waals surface area contributed by atoms with Gasteiger partial charge in [-0.3, -0.25) is 14.4 Å². The zero-order valence-electron chi connectivity index (χ0n) is 20.6. The first kappa shape index (κ1) is 29.7. The zero-order valence-corrected chi connectivity index (χ0v) is 20.6. The summed E-state index contributed by atoms with van der Waals surface area (Å²) in [5, 5.41) is 36.8. The number of H-pyrrole nitrogens is 1. The Kier molecular flexibility index (Phi) is 11.5. The Labute approximate surface area is 214 Å². The predicted octanol–water partition coefficient (Wildman–Crippen LogP) is -1.92. The number of aliphatic carboxylic acids is 1. The minimum Gasteiger partial charge on any atom is -0.480 e. The average molecular weight is 521 g/mol. The fourth-order valence-corrected chi connectivity index (χ4v) is 3.71. The van der Waals surface area contributed by atoms with Gasteiger partial charge in [0.2, 0.25) is 17.7 Å². The van der Waals surface area contributed by atoms with Crippen LogP contribution in [0.3, 0.4) is 0 Å². The van der Waals surface area contributed by atoms with Crippen molar-refractivity contribution in [2.24, 2.45) is 11.5 Å².